The molecule has 124 valence electrons. The van der Waals surface area contributed by atoms with Crippen LogP contribution in [0.2, 0.25) is 0 Å². The molecule has 0 radical (unpaired) electrons. The fraction of sp³-hybridized carbons (Fsp3) is 0.294. The third-order valence-corrected chi connectivity index (χ3v) is 3.89. The molecule has 2 amide bonds. The first-order chi connectivity index (χ1) is 11.6. The summed E-state index contributed by atoms with van der Waals surface area (Å²) in [6.45, 7) is 4.18. The molecule has 1 aliphatic rings. The van der Waals surface area contributed by atoms with E-state index in [9.17, 15) is 9.59 Å². The van der Waals surface area contributed by atoms with Gasteiger partial charge in [-0.3, -0.25) is 9.59 Å². The molecule has 1 aliphatic heterocycles. The third kappa shape index (κ3) is 3.68. The summed E-state index contributed by atoms with van der Waals surface area (Å²) in [5.41, 5.74) is 0.969. The number of hydrogen-bond donors (Lipinski definition) is 1. The Morgan fingerprint density at radius 2 is 1.83 bits per heavy atom. The molecule has 3 rings (SSSR count). The van der Waals surface area contributed by atoms with Gasteiger partial charge in [-0.2, -0.15) is 0 Å². The highest BCUT2D eigenvalue weighted by atomic mass is 16.2. The summed E-state index contributed by atoms with van der Waals surface area (Å²) in [7, 11) is 0. The summed E-state index contributed by atoms with van der Waals surface area (Å²) < 4.78 is 0. The maximum absolute atomic E-state index is 12.3. The van der Waals surface area contributed by atoms with Crippen LogP contribution in [0.1, 0.15) is 5.56 Å². The molecule has 2 aromatic rings. The van der Waals surface area contributed by atoms with Crippen LogP contribution in [0.3, 0.4) is 0 Å². The van der Waals surface area contributed by atoms with E-state index < -0.39 is 11.8 Å². The molecule has 3 heterocycles. The number of piperazine rings is 1. The smallest absolute Gasteiger partial charge is 0.315 e. The molecule has 0 unspecified atom stereocenters. The van der Waals surface area contributed by atoms with E-state index in [0.717, 1.165) is 11.4 Å². The van der Waals surface area contributed by atoms with Crippen molar-refractivity contribution in [2.75, 3.05) is 36.4 Å². The van der Waals surface area contributed by atoms with E-state index in [1.54, 1.807) is 23.4 Å². The highest BCUT2D eigenvalue weighted by Crippen LogP contribution is 2.13. The van der Waals surface area contributed by atoms with Crippen molar-refractivity contribution in [3.05, 3.63) is 48.3 Å². The van der Waals surface area contributed by atoms with Crippen LogP contribution >= 0.6 is 0 Å². The predicted molar refractivity (Wildman–Crippen MR) is 90.6 cm³/mol. The Bertz CT molecular complexity index is 727. The van der Waals surface area contributed by atoms with Crippen molar-refractivity contribution >= 4 is 23.5 Å². The maximum atomic E-state index is 12.3. The highest BCUT2D eigenvalue weighted by Gasteiger charge is 2.26. The van der Waals surface area contributed by atoms with Gasteiger partial charge in [0, 0.05) is 38.6 Å². The van der Waals surface area contributed by atoms with Gasteiger partial charge in [0.25, 0.3) is 0 Å². The number of carbonyl (C=O) groups is 2. The van der Waals surface area contributed by atoms with Crippen molar-refractivity contribution in [1.82, 2.24) is 14.9 Å². The fourth-order valence-electron chi connectivity index (χ4n) is 2.60. The Hall–Kier alpha value is -2.96. The topological polar surface area (TPSA) is 78.4 Å². The first kappa shape index (κ1) is 15.9. The molecule has 1 saturated heterocycles. The Morgan fingerprint density at radius 1 is 1.04 bits per heavy atom. The molecule has 1 fully saturated rings. The van der Waals surface area contributed by atoms with Crippen LogP contribution < -0.4 is 10.2 Å². The molecule has 1 N–H and O–H groups in total. The number of pyridine rings is 2. The van der Waals surface area contributed by atoms with Gasteiger partial charge in [-0.25, -0.2) is 9.97 Å². The van der Waals surface area contributed by atoms with Crippen LogP contribution in [0.15, 0.2) is 42.7 Å². The number of rotatable bonds is 2. The van der Waals surface area contributed by atoms with Crippen molar-refractivity contribution < 1.29 is 9.59 Å². The van der Waals surface area contributed by atoms with E-state index in [1.807, 2.05) is 31.2 Å². The molecular weight excluding hydrogens is 306 g/mol. The Balaban J connectivity index is 1.56. The molecule has 0 aromatic carbocycles. The zero-order valence-corrected chi connectivity index (χ0v) is 13.5. The second-order valence-corrected chi connectivity index (χ2v) is 5.64. The van der Waals surface area contributed by atoms with Crippen molar-refractivity contribution in [3.8, 4) is 0 Å². The lowest BCUT2D eigenvalue weighted by Gasteiger charge is -2.34. The molecular formula is C17H19N5O2. The lowest BCUT2D eigenvalue weighted by Crippen LogP contribution is -2.51. The van der Waals surface area contributed by atoms with Gasteiger partial charge < -0.3 is 15.1 Å². The molecule has 7 heteroatoms. The quantitative estimate of drug-likeness (QED) is 0.836. The van der Waals surface area contributed by atoms with Gasteiger partial charge in [-0.1, -0.05) is 6.07 Å². The van der Waals surface area contributed by atoms with E-state index in [-0.39, 0.29) is 0 Å². The average Bonchev–Trinajstić information content (AvgIpc) is 2.62. The van der Waals surface area contributed by atoms with Gasteiger partial charge in [0.2, 0.25) is 0 Å². The number of nitrogens with one attached hydrogen (secondary N) is 1. The minimum Gasteiger partial charge on any atom is -0.353 e. The summed E-state index contributed by atoms with van der Waals surface area (Å²) in [6.07, 6.45) is 3.34. The van der Waals surface area contributed by atoms with E-state index in [4.69, 9.17) is 0 Å². The number of amides is 2. The summed E-state index contributed by atoms with van der Waals surface area (Å²) in [4.78, 5) is 36.4. The van der Waals surface area contributed by atoms with Crippen LogP contribution in [-0.2, 0) is 9.59 Å². The van der Waals surface area contributed by atoms with Gasteiger partial charge in [0.1, 0.15) is 11.6 Å². The normalized spacial score (nSPS) is 14.4. The number of nitrogens with zero attached hydrogens (tertiary/aromatic N) is 4. The zero-order chi connectivity index (χ0) is 16.9. The van der Waals surface area contributed by atoms with Crippen LogP contribution in [0.4, 0.5) is 11.6 Å². The molecule has 0 bridgehead atoms. The first-order valence-corrected chi connectivity index (χ1v) is 7.82. The fourth-order valence-corrected chi connectivity index (χ4v) is 2.60. The van der Waals surface area contributed by atoms with Gasteiger partial charge >= 0.3 is 11.8 Å². The standard InChI is InChI=1S/C17H19N5O2/c1-13-5-7-18-14(12-13)20-16(23)17(24)22-10-8-21(9-11-22)15-4-2-3-6-19-15/h2-7,12H,8-11H2,1H3,(H,18,20,23). The summed E-state index contributed by atoms with van der Waals surface area (Å²) >= 11 is 0. The SMILES string of the molecule is Cc1ccnc(NC(=O)C(=O)N2CCN(c3ccccn3)CC2)c1. The lowest BCUT2D eigenvalue weighted by molar-refractivity contribution is -0.143. The second kappa shape index (κ2) is 7.08. The van der Waals surface area contributed by atoms with Crippen molar-refractivity contribution in [1.29, 1.82) is 0 Å². The second-order valence-electron chi connectivity index (χ2n) is 5.64. The summed E-state index contributed by atoms with van der Waals surface area (Å²) in [6, 6.07) is 9.29. The molecule has 2 aromatic heterocycles. The van der Waals surface area contributed by atoms with E-state index in [1.165, 1.54) is 0 Å². The minimum absolute atomic E-state index is 0.389. The molecule has 24 heavy (non-hydrogen) atoms. The first-order valence-electron chi connectivity index (χ1n) is 7.82. The summed E-state index contributed by atoms with van der Waals surface area (Å²) in [5, 5.41) is 2.56. The molecule has 0 aliphatic carbocycles. The lowest BCUT2D eigenvalue weighted by atomic mass is 10.3. The van der Waals surface area contributed by atoms with Crippen LogP contribution in [-0.4, -0.2) is 52.9 Å². The number of aryl methyl sites for hydroxylation is 1. The number of carbonyl (C=O) groups excluding carboxylic acids is 2. The third-order valence-electron chi connectivity index (χ3n) is 3.89. The number of aromatic nitrogens is 2. The van der Waals surface area contributed by atoms with Gasteiger partial charge in [0.15, 0.2) is 0 Å². The largest absolute Gasteiger partial charge is 0.353 e. The Morgan fingerprint density at radius 3 is 2.50 bits per heavy atom. The van der Waals surface area contributed by atoms with Crippen LogP contribution in [0.25, 0.3) is 0 Å². The van der Waals surface area contributed by atoms with Gasteiger partial charge in [0.05, 0.1) is 0 Å². The van der Waals surface area contributed by atoms with Crippen LogP contribution in [0, 0.1) is 6.92 Å². The number of anilines is 2. The van der Waals surface area contributed by atoms with Gasteiger partial charge in [-0.05, 0) is 36.8 Å². The zero-order valence-electron chi connectivity index (χ0n) is 13.5. The minimum atomic E-state index is -0.653. The average molecular weight is 325 g/mol. The molecule has 7 nitrogen and oxygen atoms in total. The van der Waals surface area contributed by atoms with Crippen molar-refractivity contribution in [2.24, 2.45) is 0 Å². The van der Waals surface area contributed by atoms with E-state index in [0.29, 0.717) is 32.0 Å². The molecule has 0 saturated carbocycles. The van der Waals surface area contributed by atoms with Crippen molar-refractivity contribution in [2.45, 2.75) is 6.92 Å². The summed E-state index contributed by atoms with van der Waals surface area (Å²) in [5.74, 6) is 0.0943. The monoisotopic (exact) mass is 325 g/mol. The van der Waals surface area contributed by atoms with Crippen molar-refractivity contribution in [3.63, 3.8) is 0 Å². The van der Waals surface area contributed by atoms with E-state index >= 15 is 0 Å². The predicted octanol–water partition coefficient (Wildman–Crippen LogP) is 1.07. The van der Waals surface area contributed by atoms with Gasteiger partial charge in [-0.15, -0.1) is 0 Å². The van der Waals surface area contributed by atoms with Crippen LogP contribution in [0.5, 0.6) is 0 Å². The number of hydrogen-bond acceptors (Lipinski definition) is 5. The van der Waals surface area contributed by atoms with E-state index in [2.05, 4.69) is 20.2 Å². The highest BCUT2D eigenvalue weighted by molar-refractivity contribution is 6.39. The maximum Gasteiger partial charge on any atom is 0.315 e. The molecule has 0 spiro atoms. The Labute approximate surface area is 140 Å². The Kier molecular flexibility index (Phi) is 4.69. The molecule has 0 atom stereocenters.